The average Bonchev–Trinajstić information content (AvgIpc) is 2.30. The molecular formula is C13H23NO. The van der Waals surface area contributed by atoms with Gasteiger partial charge in [-0.3, -0.25) is 4.79 Å². The van der Waals surface area contributed by atoms with Gasteiger partial charge in [-0.05, 0) is 45.2 Å². The molecule has 1 saturated heterocycles. The van der Waals surface area contributed by atoms with Crippen molar-refractivity contribution in [3.8, 4) is 0 Å². The Labute approximate surface area is 93.1 Å². The van der Waals surface area contributed by atoms with Crippen molar-refractivity contribution in [2.24, 2.45) is 5.92 Å². The number of carbonyl (C=O) groups is 1. The van der Waals surface area contributed by atoms with Gasteiger partial charge in [0, 0.05) is 12.3 Å². The maximum Gasteiger partial charge on any atom is 0.136 e. The summed E-state index contributed by atoms with van der Waals surface area (Å²) in [6.07, 6.45) is 9.34. The highest BCUT2D eigenvalue weighted by molar-refractivity contribution is 5.81. The molecule has 0 aliphatic carbocycles. The highest BCUT2D eigenvalue weighted by atomic mass is 16.1. The minimum atomic E-state index is 0.352. The number of nitrogens with one attached hydrogen (secondary N) is 1. The molecule has 0 bridgehead atoms. The molecule has 86 valence electrons. The summed E-state index contributed by atoms with van der Waals surface area (Å²) in [5, 5.41) is 3.29. The zero-order chi connectivity index (χ0) is 10.9. The van der Waals surface area contributed by atoms with Gasteiger partial charge in [0.15, 0.2) is 0 Å². The molecule has 2 heteroatoms. The van der Waals surface area contributed by atoms with E-state index < -0.39 is 0 Å². The lowest BCUT2D eigenvalue weighted by Gasteiger charge is -2.21. The molecule has 0 saturated carbocycles. The maximum absolute atomic E-state index is 11.8. The lowest BCUT2D eigenvalue weighted by atomic mass is 9.91. The number of hydrogen-bond donors (Lipinski definition) is 1. The molecule has 0 aromatic carbocycles. The first kappa shape index (κ1) is 12.4. The average molecular weight is 209 g/mol. The molecule has 1 fully saturated rings. The lowest BCUT2D eigenvalue weighted by Crippen LogP contribution is -2.31. The Morgan fingerprint density at radius 3 is 2.67 bits per heavy atom. The smallest absolute Gasteiger partial charge is 0.136 e. The first-order valence-corrected chi connectivity index (χ1v) is 6.19. The van der Waals surface area contributed by atoms with Crippen molar-refractivity contribution in [3.05, 3.63) is 12.7 Å². The van der Waals surface area contributed by atoms with Crippen LogP contribution in [0.2, 0.25) is 0 Å². The fraction of sp³-hybridized carbons (Fsp3) is 0.769. The normalized spacial score (nSPS) is 17.6. The van der Waals surface area contributed by atoms with Crippen LogP contribution < -0.4 is 5.32 Å². The Morgan fingerprint density at radius 2 is 2.00 bits per heavy atom. The van der Waals surface area contributed by atoms with E-state index in [1.54, 1.807) is 0 Å². The molecule has 0 atom stereocenters. The molecule has 0 spiro atoms. The third-order valence-corrected chi connectivity index (χ3v) is 3.13. The maximum atomic E-state index is 11.8. The van der Waals surface area contributed by atoms with Crippen LogP contribution in [0, 0.1) is 5.92 Å². The number of carbonyl (C=O) groups excluding carboxylic acids is 1. The van der Waals surface area contributed by atoms with Crippen molar-refractivity contribution in [1.82, 2.24) is 5.32 Å². The molecule has 2 nitrogen and oxygen atoms in total. The molecule has 1 aliphatic rings. The molecule has 1 heterocycles. The van der Waals surface area contributed by atoms with Gasteiger partial charge in [0.1, 0.15) is 5.78 Å². The van der Waals surface area contributed by atoms with Gasteiger partial charge in [-0.1, -0.05) is 12.5 Å². The topological polar surface area (TPSA) is 29.1 Å². The summed E-state index contributed by atoms with van der Waals surface area (Å²) in [5.74, 6) is 0.848. The first-order chi connectivity index (χ1) is 7.34. The van der Waals surface area contributed by atoms with Crippen LogP contribution in [0.5, 0.6) is 0 Å². The minimum absolute atomic E-state index is 0.352. The summed E-state index contributed by atoms with van der Waals surface area (Å²) in [4.78, 5) is 11.8. The summed E-state index contributed by atoms with van der Waals surface area (Å²) < 4.78 is 0. The number of hydrogen-bond acceptors (Lipinski definition) is 2. The van der Waals surface area contributed by atoms with Crippen molar-refractivity contribution in [1.29, 1.82) is 0 Å². The number of allylic oxidation sites excluding steroid dienone is 1. The zero-order valence-corrected chi connectivity index (χ0v) is 9.63. The fourth-order valence-electron chi connectivity index (χ4n) is 2.11. The lowest BCUT2D eigenvalue weighted by molar-refractivity contribution is -0.123. The monoisotopic (exact) mass is 209 g/mol. The van der Waals surface area contributed by atoms with Crippen LogP contribution in [-0.4, -0.2) is 18.9 Å². The SMILES string of the molecule is C=CCCCCCC(=O)C1CCNCC1. The highest BCUT2D eigenvalue weighted by Crippen LogP contribution is 2.16. The van der Waals surface area contributed by atoms with Crippen LogP contribution in [0.3, 0.4) is 0 Å². The zero-order valence-electron chi connectivity index (χ0n) is 9.63. The van der Waals surface area contributed by atoms with E-state index in [1.807, 2.05) is 6.08 Å². The predicted octanol–water partition coefficient (Wildman–Crippen LogP) is 2.69. The second kappa shape index (κ2) is 7.63. The summed E-state index contributed by atoms with van der Waals surface area (Å²) in [5.41, 5.74) is 0. The Bertz CT molecular complexity index is 195. The number of Topliss-reactive ketones (excluding diaryl/α,β-unsaturated/α-hetero) is 1. The van der Waals surface area contributed by atoms with Gasteiger partial charge in [-0.25, -0.2) is 0 Å². The first-order valence-electron chi connectivity index (χ1n) is 6.19. The van der Waals surface area contributed by atoms with Gasteiger partial charge in [0.05, 0.1) is 0 Å². The van der Waals surface area contributed by atoms with E-state index in [-0.39, 0.29) is 0 Å². The molecule has 1 aliphatic heterocycles. The molecule has 1 N–H and O–H groups in total. The quantitative estimate of drug-likeness (QED) is 0.516. The second-order valence-corrected chi connectivity index (χ2v) is 4.38. The van der Waals surface area contributed by atoms with E-state index in [0.717, 1.165) is 45.2 Å². The van der Waals surface area contributed by atoms with Gasteiger partial charge in [0.25, 0.3) is 0 Å². The van der Waals surface area contributed by atoms with E-state index in [4.69, 9.17) is 0 Å². The summed E-state index contributed by atoms with van der Waals surface area (Å²) in [6, 6.07) is 0. The van der Waals surface area contributed by atoms with Gasteiger partial charge < -0.3 is 5.32 Å². The van der Waals surface area contributed by atoms with E-state index >= 15 is 0 Å². The Kier molecular flexibility index (Phi) is 6.33. The van der Waals surface area contributed by atoms with E-state index in [1.165, 1.54) is 12.8 Å². The summed E-state index contributed by atoms with van der Waals surface area (Å²) in [6.45, 7) is 5.73. The molecule has 0 radical (unpaired) electrons. The van der Waals surface area contributed by atoms with Crippen LogP contribution in [0.15, 0.2) is 12.7 Å². The molecule has 0 aromatic rings. The van der Waals surface area contributed by atoms with E-state index in [2.05, 4.69) is 11.9 Å². The van der Waals surface area contributed by atoms with Crippen molar-refractivity contribution in [3.63, 3.8) is 0 Å². The third-order valence-electron chi connectivity index (χ3n) is 3.13. The predicted molar refractivity (Wildman–Crippen MR) is 63.9 cm³/mol. The van der Waals surface area contributed by atoms with Crippen molar-refractivity contribution >= 4 is 5.78 Å². The highest BCUT2D eigenvalue weighted by Gasteiger charge is 2.19. The van der Waals surface area contributed by atoms with Crippen molar-refractivity contribution in [2.45, 2.75) is 44.9 Å². The van der Waals surface area contributed by atoms with Gasteiger partial charge >= 0.3 is 0 Å². The summed E-state index contributed by atoms with van der Waals surface area (Å²) in [7, 11) is 0. The van der Waals surface area contributed by atoms with Gasteiger partial charge in [0.2, 0.25) is 0 Å². The van der Waals surface area contributed by atoms with E-state index in [0.29, 0.717) is 11.7 Å². The Morgan fingerprint density at radius 1 is 1.27 bits per heavy atom. The van der Waals surface area contributed by atoms with Gasteiger partial charge in [-0.2, -0.15) is 0 Å². The molecule has 0 aromatic heterocycles. The van der Waals surface area contributed by atoms with Crippen LogP contribution in [0.25, 0.3) is 0 Å². The van der Waals surface area contributed by atoms with Crippen molar-refractivity contribution in [2.75, 3.05) is 13.1 Å². The molecule has 0 unspecified atom stereocenters. The molecule has 1 rings (SSSR count). The second-order valence-electron chi connectivity index (χ2n) is 4.38. The Hall–Kier alpha value is -0.630. The summed E-state index contributed by atoms with van der Waals surface area (Å²) >= 11 is 0. The largest absolute Gasteiger partial charge is 0.317 e. The number of unbranched alkanes of at least 4 members (excludes halogenated alkanes) is 3. The van der Waals surface area contributed by atoms with E-state index in [9.17, 15) is 4.79 Å². The van der Waals surface area contributed by atoms with Crippen LogP contribution >= 0.6 is 0 Å². The van der Waals surface area contributed by atoms with Crippen LogP contribution in [0.1, 0.15) is 44.9 Å². The Balaban J connectivity index is 2.04. The standard InChI is InChI=1S/C13H23NO/c1-2-3-4-5-6-7-13(15)12-8-10-14-11-9-12/h2,12,14H,1,3-11H2. The number of ketones is 1. The number of piperidine rings is 1. The molecule has 0 amide bonds. The molecular weight excluding hydrogens is 186 g/mol. The van der Waals surface area contributed by atoms with Crippen LogP contribution in [-0.2, 0) is 4.79 Å². The fourth-order valence-corrected chi connectivity index (χ4v) is 2.11. The van der Waals surface area contributed by atoms with Crippen LogP contribution in [0.4, 0.5) is 0 Å². The molecule has 15 heavy (non-hydrogen) atoms. The third kappa shape index (κ3) is 5.12. The minimum Gasteiger partial charge on any atom is -0.317 e. The number of rotatable bonds is 7. The van der Waals surface area contributed by atoms with Gasteiger partial charge in [-0.15, -0.1) is 6.58 Å². The van der Waals surface area contributed by atoms with Crippen molar-refractivity contribution < 1.29 is 4.79 Å².